The summed E-state index contributed by atoms with van der Waals surface area (Å²) in [6.45, 7) is 1.51. The van der Waals surface area contributed by atoms with Crippen molar-refractivity contribution in [2.24, 2.45) is 0 Å². The molecule has 0 aliphatic rings. The predicted octanol–water partition coefficient (Wildman–Crippen LogP) is 4.23. The van der Waals surface area contributed by atoms with Crippen molar-refractivity contribution in [3.63, 3.8) is 0 Å². The van der Waals surface area contributed by atoms with Crippen LogP contribution < -0.4 is 10.3 Å². The summed E-state index contributed by atoms with van der Waals surface area (Å²) in [4.78, 5) is 25.8. The van der Waals surface area contributed by atoms with E-state index in [-0.39, 0.29) is 33.9 Å². The zero-order valence-electron chi connectivity index (χ0n) is 16.7. The number of para-hydroxylation sites is 1. The van der Waals surface area contributed by atoms with Crippen LogP contribution in [-0.4, -0.2) is 31.7 Å². The van der Waals surface area contributed by atoms with E-state index in [1.165, 1.54) is 38.6 Å². The lowest BCUT2D eigenvalue weighted by Crippen LogP contribution is -2.20. The third kappa shape index (κ3) is 2.93. The van der Waals surface area contributed by atoms with Crippen LogP contribution in [0, 0.1) is 6.92 Å². The standard InChI is InChI=1S/C21H14F3N5O3/c1-10-14(19-27-16-12(31-2)6-3-7-13(16)32-19)20(30)29-18(26-10)15(11-5-4-8-25-9-11)17(28-29)21(22,23)24/h3-9,28H,1-2H3. The molecule has 0 bridgehead atoms. The van der Waals surface area contributed by atoms with Crippen molar-refractivity contribution in [2.75, 3.05) is 7.11 Å². The number of hydrogen-bond acceptors (Lipinski definition) is 6. The monoisotopic (exact) mass is 441 g/mol. The minimum atomic E-state index is -4.76. The lowest BCUT2D eigenvalue weighted by molar-refractivity contribution is -0.140. The minimum Gasteiger partial charge on any atom is -0.494 e. The van der Waals surface area contributed by atoms with Gasteiger partial charge in [0, 0.05) is 18.0 Å². The minimum absolute atomic E-state index is 0.0616. The van der Waals surface area contributed by atoms with E-state index >= 15 is 0 Å². The number of hydrogen-bond donors (Lipinski definition) is 1. The molecule has 162 valence electrons. The maximum atomic E-state index is 13.8. The number of alkyl halides is 3. The molecule has 1 aromatic carbocycles. The van der Waals surface area contributed by atoms with Gasteiger partial charge in [-0.05, 0) is 25.1 Å². The Morgan fingerprint density at radius 2 is 1.94 bits per heavy atom. The molecule has 4 heterocycles. The number of fused-ring (bicyclic) bond motifs is 2. The molecule has 1 N–H and O–H groups in total. The number of halogens is 3. The molecule has 4 aromatic heterocycles. The molecule has 0 aliphatic carbocycles. The molecule has 0 spiro atoms. The lowest BCUT2D eigenvalue weighted by Gasteiger charge is -2.06. The summed E-state index contributed by atoms with van der Waals surface area (Å²) in [5.74, 6) is 0.363. The first-order valence-electron chi connectivity index (χ1n) is 9.36. The second kappa shape index (κ2) is 6.94. The Hall–Kier alpha value is -4.15. The summed E-state index contributed by atoms with van der Waals surface area (Å²) in [6, 6.07) is 7.98. The summed E-state index contributed by atoms with van der Waals surface area (Å²) in [5.41, 5.74) is -1.31. The highest BCUT2D eigenvalue weighted by Gasteiger charge is 2.38. The van der Waals surface area contributed by atoms with Crippen molar-refractivity contribution in [3.8, 4) is 28.3 Å². The van der Waals surface area contributed by atoms with Crippen LogP contribution in [0.25, 0.3) is 39.3 Å². The Balaban J connectivity index is 1.82. The molecule has 11 heteroatoms. The first kappa shape index (κ1) is 19.8. The molecule has 5 aromatic rings. The maximum absolute atomic E-state index is 13.8. The molecular formula is C21H14F3N5O3. The third-order valence-electron chi connectivity index (χ3n) is 5.01. The van der Waals surface area contributed by atoms with Crippen molar-refractivity contribution in [1.29, 1.82) is 0 Å². The molecule has 0 saturated carbocycles. The van der Waals surface area contributed by atoms with Crippen molar-refractivity contribution in [2.45, 2.75) is 13.1 Å². The molecule has 0 saturated heterocycles. The van der Waals surface area contributed by atoms with Crippen molar-refractivity contribution >= 4 is 16.7 Å². The van der Waals surface area contributed by atoms with Gasteiger partial charge in [0.15, 0.2) is 16.7 Å². The van der Waals surface area contributed by atoms with Gasteiger partial charge in [0.05, 0.1) is 18.4 Å². The van der Waals surface area contributed by atoms with Gasteiger partial charge in [0.2, 0.25) is 5.89 Å². The SMILES string of the molecule is COc1cccc2oc(-c3c(C)nc4c(-c5cccnc5)c(C(F)(F)F)[nH]n4c3=O)nc12. The number of oxazole rings is 1. The van der Waals surface area contributed by atoms with Crippen molar-refractivity contribution in [1.82, 2.24) is 24.6 Å². The largest absolute Gasteiger partial charge is 0.494 e. The van der Waals surface area contributed by atoms with E-state index in [2.05, 4.69) is 20.1 Å². The van der Waals surface area contributed by atoms with E-state index in [9.17, 15) is 18.0 Å². The van der Waals surface area contributed by atoms with E-state index in [1.54, 1.807) is 18.2 Å². The fraction of sp³-hybridized carbons (Fsp3) is 0.143. The normalized spacial score (nSPS) is 12.0. The number of nitrogens with one attached hydrogen (secondary N) is 1. The summed E-state index contributed by atoms with van der Waals surface area (Å²) < 4.78 is 53.1. The molecule has 0 atom stereocenters. The fourth-order valence-electron chi connectivity index (χ4n) is 3.61. The van der Waals surface area contributed by atoms with Gasteiger partial charge in [-0.15, -0.1) is 0 Å². The van der Waals surface area contributed by atoms with E-state index in [0.717, 1.165) is 4.52 Å². The number of aryl methyl sites for hydroxylation is 1. The van der Waals surface area contributed by atoms with Crippen LogP contribution in [0.5, 0.6) is 5.75 Å². The Labute approximate surface area is 177 Å². The number of aromatic amines is 1. The van der Waals surface area contributed by atoms with Crippen LogP contribution in [-0.2, 0) is 6.18 Å². The number of pyridine rings is 1. The molecule has 0 amide bonds. The number of ether oxygens (including phenoxy) is 1. The first-order valence-corrected chi connectivity index (χ1v) is 9.36. The molecule has 0 radical (unpaired) electrons. The highest BCUT2D eigenvalue weighted by atomic mass is 19.4. The highest BCUT2D eigenvalue weighted by Crippen LogP contribution is 2.38. The van der Waals surface area contributed by atoms with E-state index in [1.807, 2.05) is 0 Å². The summed E-state index contributed by atoms with van der Waals surface area (Å²) >= 11 is 0. The molecular weight excluding hydrogens is 427 g/mol. The van der Waals surface area contributed by atoms with Crippen LogP contribution >= 0.6 is 0 Å². The van der Waals surface area contributed by atoms with Crippen LogP contribution in [0.1, 0.15) is 11.4 Å². The van der Waals surface area contributed by atoms with Crippen LogP contribution in [0.2, 0.25) is 0 Å². The summed E-state index contributed by atoms with van der Waals surface area (Å²) in [7, 11) is 1.47. The maximum Gasteiger partial charge on any atom is 0.433 e. The van der Waals surface area contributed by atoms with E-state index in [0.29, 0.717) is 16.8 Å². The second-order valence-corrected chi connectivity index (χ2v) is 6.96. The topological polar surface area (TPSA) is 98.3 Å². The van der Waals surface area contributed by atoms with Crippen LogP contribution in [0.15, 0.2) is 51.9 Å². The molecule has 8 nitrogen and oxygen atoms in total. The zero-order chi connectivity index (χ0) is 22.6. The molecule has 0 aliphatic heterocycles. The van der Waals surface area contributed by atoms with Gasteiger partial charge in [0.1, 0.15) is 17.0 Å². The van der Waals surface area contributed by atoms with Gasteiger partial charge in [-0.2, -0.15) is 17.7 Å². The van der Waals surface area contributed by atoms with E-state index in [4.69, 9.17) is 9.15 Å². The van der Waals surface area contributed by atoms with Crippen LogP contribution in [0.4, 0.5) is 13.2 Å². The lowest BCUT2D eigenvalue weighted by atomic mass is 10.1. The molecule has 0 fully saturated rings. The van der Waals surface area contributed by atoms with Gasteiger partial charge >= 0.3 is 6.18 Å². The fourth-order valence-corrected chi connectivity index (χ4v) is 3.61. The Kier molecular flexibility index (Phi) is 4.29. The number of H-pyrrole nitrogens is 1. The second-order valence-electron chi connectivity index (χ2n) is 6.96. The van der Waals surface area contributed by atoms with Gasteiger partial charge in [-0.3, -0.25) is 14.9 Å². The molecule has 0 unspecified atom stereocenters. The highest BCUT2D eigenvalue weighted by molar-refractivity contribution is 5.83. The predicted molar refractivity (Wildman–Crippen MR) is 108 cm³/mol. The number of aromatic nitrogens is 5. The number of nitrogens with zero attached hydrogens (tertiary/aromatic N) is 4. The smallest absolute Gasteiger partial charge is 0.433 e. The van der Waals surface area contributed by atoms with Crippen molar-refractivity contribution in [3.05, 3.63) is 64.5 Å². The van der Waals surface area contributed by atoms with Gasteiger partial charge < -0.3 is 9.15 Å². The van der Waals surface area contributed by atoms with Crippen LogP contribution in [0.3, 0.4) is 0 Å². The number of methoxy groups -OCH3 is 1. The first-order chi connectivity index (χ1) is 15.3. The average Bonchev–Trinajstić information content (AvgIpc) is 3.36. The van der Waals surface area contributed by atoms with E-state index < -0.39 is 17.4 Å². The van der Waals surface area contributed by atoms with Gasteiger partial charge in [0.25, 0.3) is 5.56 Å². The number of benzene rings is 1. The summed E-state index contributed by atoms with van der Waals surface area (Å²) in [5, 5.41) is 2.16. The van der Waals surface area contributed by atoms with Gasteiger partial charge in [-0.1, -0.05) is 12.1 Å². The Morgan fingerprint density at radius 3 is 2.62 bits per heavy atom. The summed E-state index contributed by atoms with van der Waals surface area (Å²) in [6.07, 6.45) is -2.04. The quantitative estimate of drug-likeness (QED) is 0.450. The molecule has 5 rings (SSSR count). The Bertz CT molecular complexity index is 1530. The van der Waals surface area contributed by atoms with Crippen molar-refractivity contribution < 1.29 is 22.3 Å². The average molecular weight is 441 g/mol. The zero-order valence-corrected chi connectivity index (χ0v) is 16.7. The Morgan fingerprint density at radius 1 is 1.12 bits per heavy atom. The van der Waals surface area contributed by atoms with Gasteiger partial charge in [-0.25, -0.2) is 9.97 Å². The third-order valence-corrected chi connectivity index (χ3v) is 5.01. The number of rotatable bonds is 3. The molecule has 32 heavy (non-hydrogen) atoms.